The number of ether oxygens (including phenoxy) is 1. The monoisotopic (exact) mass is 431 g/mol. The fraction of sp³-hybridized carbons (Fsp3) is 0.200. The second kappa shape index (κ2) is 8.96. The molecule has 6 heteroatoms. The van der Waals surface area contributed by atoms with Crippen molar-refractivity contribution < 1.29 is 9.53 Å². The largest absolute Gasteiger partial charge is 0.372 e. The van der Waals surface area contributed by atoms with Gasteiger partial charge in [0.05, 0.1) is 5.69 Å². The molecule has 0 bridgehead atoms. The first kappa shape index (κ1) is 21.2. The van der Waals surface area contributed by atoms with Crippen LogP contribution in [-0.4, -0.2) is 29.4 Å². The molecule has 0 radical (unpaired) electrons. The quantitative estimate of drug-likeness (QED) is 0.581. The minimum atomic E-state index is -0.992. The van der Waals surface area contributed by atoms with E-state index in [-0.39, 0.29) is 12.0 Å². The van der Waals surface area contributed by atoms with Gasteiger partial charge < -0.3 is 4.74 Å². The molecule has 0 unspecified atom stereocenters. The summed E-state index contributed by atoms with van der Waals surface area (Å²) in [5.74, 6) is -0.111. The van der Waals surface area contributed by atoms with Gasteiger partial charge in [0.1, 0.15) is 6.10 Å². The van der Waals surface area contributed by atoms with Gasteiger partial charge in [0.25, 0.3) is 5.91 Å². The van der Waals surface area contributed by atoms with Crippen LogP contribution in [0.2, 0.25) is 0 Å². The molecule has 0 saturated carbocycles. The van der Waals surface area contributed by atoms with E-state index in [1.54, 1.807) is 7.11 Å². The summed E-state index contributed by atoms with van der Waals surface area (Å²) in [4.78, 5) is 18.2. The van der Waals surface area contributed by atoms with E-state index in [4.69, 9.17) is 9.73 Å². The number of hydrazine groups is 1. The predicted octanol–water partition coefficient (Wildman–Crippen LogP) is 5.23. The van der Waals surface area contributed by atoms with E-state index in [1.165, 1.54) is 16.8 Å². The number of thioether (sulfide) groups is 1. The lowest BCUT2D eigenvalue weighted by molar-refractivity contribution is -0.129. The topological polar surface area (TPSA) is 53.9 Å². The van der Waals surface area contributed by atoms with Gasteiger partial charge in [-0.1, -0.05) is 84.6 Å². The number of aliphatic imine (C=N–C) groups is 1. The zero-order chi connectivity index (χ0) is 21.8. The van der Waals surface area contributed by atoms with Crippen molar-refractivity contribution in [2.24, 2.45) is 4.99 Å². The summed E-state index contributed by atoms with van der Waals surface area (Å²) in [5.41, 5.74) is 5.99. The number of carbonyl (C=O) groups is 1. The van der Waals surface area contributed by atoms with Crippen LogP contribution in [0.25, 0.3) is 0 Å². The highest BCUT2D eigenvalue weighted by molar-refractivity contribution is 8.13. The Hall–Kier alpha value is -3.09. The van der Waals surface area contributed by atoms with Gasteiger partial charge in [-0.15, -0.1) is 0 Å². The lowest BCUT2D eigenvalue weighted by atomic mass is 9.90. The number of hydrogen-bond acceptors (Lipinski definition) is 5. The summed E-state index contributed by atoms with van der Waals surface area (Å²) in [7, 11) is 1.70. The Kier molecular flexibility index (Phi) is 6.11. The molecule has 0 aromatic heterocycles. The fourth-order valence-corrected chi connectivity index (χ4v) is 4.32. The van der Waals surface area contributed by atoms with Crippen molar-refractivity contribution in [3.8, 4) is 0 Å². The number of methoxy groups -OCH3 is 1. The molecule has 158 valence electrons. The Labute approximate surface area is 187 Å². The van der Waals surface area contributed by atoms with E-state index in [9.17, 15) is 4.79 Å². The van der Waals surface area contributed by atoms with Gasteiger partial charge in [-0.3, -0.25) is 10.2 Å². The summed E-state index contributed by atoms with van der Waals surface area (Å²) in [6.07, 6.45) is 1.76. The van der Waals surface area contributed by atoms with Crippen LogP contribution in [0.5, 0.6) is 0 Å². The molecule has 3 aromatic carbocycles. The molecular formula is C25H25N3O2S. The van der Waals surface area contributed by atoms with Gasteiger partial charge in [0.2, 0.25) is 0 Å². The molecule has 1 amide bonds. The summed E-state index contributed by atoms with van der Waals surface area (Å²) >= 11 is 1.44. The molecule has 0 spiro atoms. The number of rotatable bonds is 6. The van der Waals surface area contributed by atoms with E-state index in [2.05, 4.69) is 5.43 Å². The molecule has 1 aliphatic heterocycles. The van der Waals surface area contributed by atoms with Crippen LogP contribution in [0.1, 0.15) is 29.7 Å². The third kappa shape index (κ3) is 4.09. The normalized spacial score (nSPS) is 19.3. The van der Waals surface area contributed by atoms with Gasteiger partial charge in [-0.2, -0.15) is 5.01 Å². The number of carbonyl (C=O) groups excluding carboxylic acids is 1. The van der Waals surface area contributed by atoms with E-state index < -0.39 is 5.54 Å². The third-order valence-corrected chi connectivity index (χ3v) is 6.08. The number of nitrogens with zero attached hydrogens (tertiary/aromatic N) is 2. The molecule has 0 fully saturated rings. The Morgan fingerprint density at radius 1 is 0.935 bits per heavy atom. The van der Waals surface area contributed by atoms with Gasteiger partial charge in [-0.05, 0) is 42.0 Å². The van der Waals surface area contributed by atoms with Crippen LogP contribution in [0.3, 0.4) is 0 Å². The van der Waals surface area contributed by atoms with Gasteiger partial charge >= 0.3 is 0 Å². The van der Waals surface area contributed by atoms with Crippen LogP contribution in [0.15, 0.2) is 89.9 Å². The molecule has 0 saturated heterocycles. The van der Waals surface area contributed by atoms with Crippen LogP contribution >= 0.6 is 11.8 Å². The predicted molar refractivity (Wildman–Crippen MR) is 127 cm³/mol. The molecule has 1 heterocycles. The minimum Gasteiger partial charge on any atom is -0.372 e. The number of nitrogens with one attached hydrogen (secondary N) is 1. The maximum atomic E-state index is 13.4. The van der Waals surface area contributed by atoms with Gasteiger partial charge in [-0.25, -0.2) is 4.99 Å². The van der Waals surface area contributed by atoms with E-state index in [0.29, 0.717) is 5.17 Å². The Bertz CT molecular complexity index is 1070. The smallest absolute Gasteiger partial charge is 0.279 e. The molecular weight excluding hydrogens is 406 g/mol. The van der Waals surface area contributed by atoms with Crippen molar-refractivity contribution >= 4 is 28.5 Å². The van der Waals surface area contributed by atoms with Crippen LogP contribution in [-0.2, 0) is 15.1 Å². The number of amidine groups is 1. The van der Waals surface area contributed by atoms with Gasteiger partial charge in [0, 0.05) is 7.11 Å². The van der Waals surface area contributed by atoms with E-state index in [1.807, 2.05) is 98.1 Å². The number of amides is 1. The molecule has 1 N–H and O–H groups in total. The van der Waals surface area contributed by atoms with Crippen molar-refractivity contribution in [1.29, 1.82) is 0 Å². The summed E-state index contributed by atoms with van der Waals surface area (Å²) < 4.78 is 5.74. The zero-order valence-corrected chi connectivity index (χ0v) is 18.6. The summed E-state index contributed by atoms with van der Waals surface area (Å²) in [6.45, 7) is 1.86. The van der Waals surface area contributed by atoms with E-state index in [0.717, 1.165) is 22.4 Å². The molecule has 4 rings (SSSR count). The average Bonchev–Trinajstić information content (AvgIpc) is 3.07. The molecule has 5 nitrogen and oxygen atoms in total. The number of hydrogen-bond donors (Lipinski definition) is 1. The number of benzene rings is 3. The third-order valence-electron chi connectivity index (χ3n) is 5.44. The maximum absolute atomic E-state index is 13.4. The molecule has 1 aliphatic rings. The SMILES string of the molecule is CO[C@@H](c1ccccc1)c1ccc([C@@]2(C)N=C(SC)N(Nc3ccccc3)C2=O)cc1. The standard InChI is InChI=1S/C25H25N3O2S/c1-25(23(29)28(24(26-25)31-3)27-21-12-8-5-9-13-21)20-16-14-19(15-17-20)22(30-2)18-10-6-4-7-11-18/h4-17,22,27H,1-3H3/t22-,25+/m0/s1. The lowest BCUT2D eigenvalue weighted by Crippen LogP contribution is -2.42. The average molecular weight is 432 g/mol. The summed E-state index contributed by atoms with van der Waals surface area (Å²) in [6, 6.07) is 27.7. The molecule has 3 aromatic rings. The van der Waals surface area contributed by atoms with Crippen LogP contribution in [0.4, 0.5) is 5.69 Å². The van der Waals surface area contributed by atoms with Crippen molar-refractivity contribution in [3.63, 3.8) is 0 Å². The van der Waals surface area contributed by atoms with Gasteiger partial charge in [0.15, 0.2) is 10.7 Å². The lowest BCUT2D eigenvalue weighted by Gasteiger charge is -2.24. The van der Waals surface area contributed by atoms with Crippen molar-refractivity contribution in [2.75, 3.05) is 18.8 Å². The first-order valence-electron chi connectivity index (χ1n) is 10.0. The summed E-state index contributed by atoms with van der Waals surface area (Å²) in [5, 5.41) is 2.18. The number of anilines is 1. The first-order valence-corrected chi connectivity index (χ1v) is 11.3. The fourth-order valence-electron chi connectivity index (χ4n) is 3.73. The maximum Gasteiger partial charge on any atom is 0.279 e. The molecule has 2 atom stereocenters. The van der Waals surface area contributed by atoms with Crippen LogP contribution < -0.4 is 5.43 Å². The highest BCUT2D eigenvalue weighted by Gasteiger charge is 2.46. The second-order valence-electron chi connectivity index (χ2n) is 7.44. The minimum absolute atomic E-state index is 0.111. The molecule has 31 heavy (non-hydrogen) atoms. The van der Waals surface area contributed by atoms with Crippen molar-refractivity contribution in [1.82, 2.24) is 5.01 Å². The molecule has 0 aliphatic carbocycles. The highest BCUT2D eigenvalue weighted by Crippen LogP contribution is 2.36. The number of para-hydroxylation sites is 1. The highest BCUT2D eigenvalue weighted by atomic mass is 32.2. The zero-order valence-electron chi connectivity index (χ0n) is 17.8. The van der Waals surface area contributed by atoms with Crippen molar-refractivity contribution in [2.45, 2.75) is 18.6 Å². The van der Waals surface area contributed by atoms with E-state index >= 15 is 0 Å². The van der Waals surface area contributed by atoms with Crippen molar-refractivity contribution in [3.05, 3.63) is 102 Å². The Balaban J connectivity index is 1.61. The first-order chi connectivity index (χ1) is 15.1. The Morgan fingerprint density at radius 3 is 2.10 bits per heavy atom. The second-order valence-corrected chi connectivity index (χ2v) is 8.21. The van der Waals surface area contributed by atoms with Crippen LogP contribution in [0, 0.1) is 0 Å². The Morgan fingerprint density at radius 2 is 1.52 bits per heavy atom.